The van der Waals surface area contributed by atoms with Crippen LogP contribution in [0, 0.1) is 23.2 Å². The molecule has 2 saturated heterocycles. The molecule has 0 aromatic rings. The molecule has 5 unspecified atom stereocenters. The van der Waals surface area contributed by atoms with Crippen LogP contribution in [0.5, 0.6) is 0 Å². The van der Waals surface area contributed by atoms with Crippen molar-refractivity contribution in [1.29, 1.82) is 0 Å². The summed E-state index contributed by atoms with van der Waals surface area (Å²) in [6, 6.07) is 0. The smallest absolute Gasteiger partial charge is 0.0644 e. The molecule has 0 amide bonds. The second kappa shape index (κ2) is 3.23. The van der Waals surface area contributed by atoms with Gasteiger partial charge in [0.25, 0.3) is 0 Å². The van der Waals surface area contributed by atoms with E-state index in [-0.39, 0.29) is 0 Å². The molecule has 3 rings (SSSR count). The number of hydrogen-bond acceptors (Lipinski definition) is 1. The normalized spacial score (nSPS) is 48.6. The van der Waals surface area contributed by atoms with E-state index in [9.17, 15) is 0 Å². The second-order valence-electron chi connectivity index (χ2n) is 6.58. The zero-order valence-corrected chi connectivity index (χ0v) is 10.3. The van der Waals surface area contributed by atoms with Gasteiger partial charge in [0.2, 0.25) is 0 Å². The van der Waals surface area contributed by atoms with E-state index in [4.69, 9.17) is 4.74 Å². The first-order valence-corrected chi connectivity index (χ1v) is 6.79. The van der Waals surface area contributed by atoms with E-state index >= 15 is 0 Å². The molecule has 0 spiro atoms. The van der Waals surface area contributed by atoms with Crippen molar-refractivity contribution in [3.8, 4) is 0 Å². The molecule has 0 radical (unpaired) electrons. The molecule has 3 aliphatic rings. The van der Waals surface area contributed by atoms with Gasteiger partial charge in [0.15, 0.2) is 0 Å². The Morgan fingerprint density at radius 1 is 1.20 bits per heavy atom. The molecule has 3 fully saturated rings. The van der Waals surface area contributed by atoms with E-state index in [2.05, 4.69) is 20.8 Å². The lowest BCUT2D eigenvalue weighted by molar-refractivity contribution is 0.0385. The molecule has 1 saturated carbocycles. The zero-order valence-electron chi connectivity index (χ0n) is 10.3. The maximum absolute atomic E-state index is 6.24. The minimum atomic E-state index is 0.493. The van der Waals surface area contributed by atoms with E-state index in [0.29, 0.717) is 17.6 Å². The topological polar surface area (TPSA) is 9.23 Å². The summed E-state index contributed by atoms with van der Waals surface area (Å²) in [5.74, 6) is 2.71. The zero-order chi connectivity index (χ0) is 10.6. The van der Waals surface area contributed by atoms with Crippen molar-refractivity contribution in [2.75, 3.05) is 0 Å². The number of fused-ring (bicyclic) bond motifs is 5. The summed E-state index contributed by atoms with van der Waals surface area (Å²) in [7, 11) is 0. The fourth-order valence-electron chi connectivity index (χ4n) is 4.32. The molecule has 2 bridgehead atoms. The molecule has 1 aliphatic carbocycles. The molecule has 0 N–H and O–H groups in total. The summed E-state index contributed by atoms with van der Waals surface area (Å²) < 4.78 is 6.24. The summed E-state index contributed by atoms with van der Waals surface area (Å²) in [5, 5.41) is 0. The van der Waals surface area contributed by atoms with Crippen molar-refractivity contribution in [1.82, 2.24) is 0 Å². The molecule has 2 aliphatic heterocycles. The fourth-order valence-corrected chi connectivity index (χ4v) is 4.32. The van der Waals surface area contributed by atoms with Crippen LogP contribution in [-0.4, -0.2) is 12.2 Å². The second-order valence-corrected chi connectivity index (χ2v) is 6.58. The molecule has 1 heteroatoms. The van der Waals surface area contributed by atoms with Crippen molar-refractivity contribution in [2.45, 2.75) is 65.1 Å². The van der Waals surface area contributed by atoms with Crippen LogP contribution in [0.1, 0.15) is 52.9 Å². The van der Waals surface area contributed by atoms with Crippen molar-refractivity contribution < 1.29 is 4.74 Å². The summed E-state index contributed by atoms with van der Waals surface area (Å²) in [4.78, 5) is 0. The van der Waals surface area contributed by atoms with Crippen LogP contribution in [0.15, 0.2) is 0 Å². The fraction of sp³-hybridized carbons (Fsp3) is 1.00. The van der Waals surface area contributed by atoms with Gasteiger partial charge in [-0.3, -0.25) is 0 Å². The Kier molecular flexibility index (Phi) is 2.18. The lowest BCUT2D eigenvalue weighted by atomic mass is 9.64. The molecular weight excluding hydrogens is 184 g/mol. The van der Waals surface area contributed by atoms with Crippen LogP contribution in [-0.2, 0) is 4.74 Å². The predicted molar refractivity (Wildman–Crippen MR) is 61.7 cm³/mol. The summed E-state index contributed by atoms with van der Waals surface area (Å²) >= 11 is 0. The lowest BCUT2D eigenvalue weighted by Crippen LogP contribution is -2.38. The van der Waals surface area contributed by atoms with Gasteiger partial charge in [-0.15, -0.1) is 0 Å². The van der Waals surface area contributed by atoms with Crippen molar-refractivity contribution in [2.24, 2.45) is 23.2 Å². The first kappa shape index (κ1) is 10.1. The van der Waals surface area contributed by atoms with E-state index in [1.807, 2.05) is 0 Å². The van der Waals surface area contributed by atoms with Crippen LogP contribution >= 0.6 is 0 Å². The number of ether oxygens (including phenoxy) is 1. The summed E-state index contributed by atoms with van der Waals surface area (Å²) in [5.41, 5.74) is 0.493. The molecule has 0 aromatic heterocycles. The van der Waals surface area contributed by atoms with Gasteiger partial charge in [-0.05, 0) is 42.4 Å². The summed E-state index contributed by atoms with van der Waals surface area (Å²) in [6.45, 7) is 7.20. The molecule has 5 atom stereocenters. The standard InChI is InChI=1S/C14H24O/c1-4-14(2,3)11-8-12-9-6-5-7-10(9)13(11)15-12/h9-13H,4-8H2,1-3H3. The van der Waals surface area contributed by atoms with Crippen LogP contribution < -0.4 is 0 Å². The van der Waals surface area contributed by atoms with Gasteiger partial charge in [0.05, 0.1) is 12.2 Å². The van der Waals surface area contributed by atoms with Crippen molar-refractivity contribution in [3.05, 3.63) is 0 Å². The highest BCUT2D eigenvalue weighted by Crippen LogP contribution is 2.58. The Labute approximate surface area is 93.6 Å². The highest BCUT2D eigenvalue weighted by Gasteiger charge is 2.57. The van der Waals surface area contributed by atoms with Crippen LogP contribution in [0.4, 0.5) is 0 Å². The highest BCUT2D eigenvalue weighted by molar-refractivity contribution is 5.06. The first-order chi connectivity index (χ1) is 7.13. The Bertz CT molecular complexity index is 258. The predicted octanol–water partition coefficient (Wildman–Crippen LogP) is 3.63. The molecule has 2 heterocycles. The Morgan fingerprint density at radius 3 is 2.67 bits per heavy atom. The molecule has 0 aromatic carbocycles. The van der Waals surface area contributed by atoms with Gasteiger partial charge in [-0.25, -0.2) is 0 Å². The monoisotopic (exact) mass is 208 g/mol. The highest BCUT2D eigenvalue weighted by atomic mass is 16.5. The number of hydrogen-bond donors (Lipinski definition) is 0. The maximum Gasteiger partial charge on any atom is 0.0644 e. The molecule has 15 heavy (non-hydrogen) atoms. The SMILES string of the molecule is CCC(C)(C)C1CC2OC1C1CCCC21. The van der Waals surface area contributed by atoms with E-state index < -0.39 is 0 Å². The van der Waals surface area contributed by atoms with Gasteiger partial charge >= 0.3 is 0 Å². The van der Waals surface area contributed by atoms with Gasteiger partial charge in [0, 0.05) is 0 Å². The lowest BCUT2D eigenvalue weighted by Gasteiger charge is -2.38. The maximum atomic E-state index is 6.24. The third-order valence-corrected chi connectivity index (χ3v) is 5.65. The van der Waals surface area contributed by atoms with Crippen molar-refractivity contribution >= 4 is 0 Å². The van der Waals surface area contributed by atoms with Gasteiger partial charge in [-0.1, -0.05) is 33.6 Å². The average Bonchev–Trinajstić information content (AvgIpc) is 2.89. The summed E-state index contributed by atoms with van der Waals surface area (Å²) in [6.07, 6.45) is 8.27. The van der Waals surface area contributed by atoms with Gasteiger partial charge in [0.1, 0.15) is 0 Å². The first-order valence-electron chi connectivity index (χ1n) is 6.79. The van der Waals surface area contributed by atoms with Crippen LogP contribution in [0.2, 0.25) is 0 Å². The minimum Gasteiger partial charge on any atom is -0.374 e. The van der Waals surface area contributed by atoms with Crippen LogP contribution in [0.3, 0.4) is 0 Å². The molecular formula is C14H24O. The Morgan fingerprint density at radius 2 is 1.93 bits per heavy atom. The van der Waals surface area contributed by atoms with Crippen LogP contribution in [0.25, 0.3) is 0 Å². The van der Waals surface area contributed by atoms with Gasteiger partial charge < -0.3 is 4.74 Å². The third-order valence-electron chi connectivity index (χ3n) is 5.65. The Hall–Kier alpha value is -0.0400. The van der Waals surface area contributed by atoms with E-state index in [1.54, 1.807) is 0 Å². The van der Waals surface area contributed by atoms with Crippen molar-refractivity contribution in [3.63, 3.8) is 0 Å². The Balaban J connectivity index is 1.81. The van der Waals surface area contributed by atoms with Gasteiger partial charge in [-0.2, -0.15) is 0 Å². The number of rotatable bonds is 2. The molecule has 1 nitrogen and oxygen atoms in total. The third kappa shape index (κ3) is 1.32. The minimum absolute atomic E-state index is 0.493. The largest absolute Gasteiger partial charge is 0.374 e. The van der Waals surface area contributed by atoms with E-state index in [0.717, 1.165) is 17.8 Å². The quantitative estimate of drug-likeness (QED) is 0.673. The molecule has 86 valence electrons. The average molecular weight is 208 g/mol. The van der Waals surface area contributed by atoms with E-state index in [1.165, 1.54) is 32.1 Å².